The summed E-state index contributed by atoms with van der Waals surface area (Å²) in [6, 6.07) is 6.18. The van der Waals surface area contributed by atoms with Crippen LogP contribution < -0.4 is 10.6 Å². The van der Waals surface area contributed by atoms with Crippen molar-refractivity contribution in [2.45, 2.75) is 57.1 Å². The number of nitrogens with one attached hydrogen (secondary N) is 2. The van der Waals surface area contributed by atoms with Gasteiger partial charge in [0.25, 0.3) is 5.91 Å². The van der Waals surface area contributed by atoms with Crippen LogP contribution in [-0.4, -0.2) is 49.3 Å². The van der Waals surface area contributed by atoms with E-state index in [2.05, 4.69) is 32.1 Å². The molecule has 1 fully saturated rings. The molecule has 2 aliphatic rings. The molecule has 0 unspecified atom stereocenters. The van der Waals surface area contributed by atoms with Crippen LogP contribution in [0.3, 0.4) is 0 Å². The van der Waals surface area contributed by atoms with Gasteiger partial charge in [-0.1, -0.05) is 17.5 Å². The normalized spacial score (nSPS) is 21.0. The van der Waals surface area contributed by atoms with Gasteiger partial charge in [0.2, 0.25) is 0 Å². The van der Waals surface area contributed by atoms with E-state index in [1.165, 1.54) is 15.7 Å². The number of pyridine rings is 1. The zero-order valence-electron chi connectivity index (χ0n) is 19.6. The molecule has 0 aliphatic heterocycles. The summed E-state index contributed by atoms with van der Waals surface area (Å²) >= 11 is 0. The Morgan fingerprint density at radius 3 is 2.73 bits per heavy atom. The van der Waals surface area contributed by atoms with Crippen molar-refractivity contribution in [3.8, 4) is 0 Å². The molecule has 6 nitrogen and oxygen atoms in total. The molecule has 0 spiro atoms. The third-order valence-electron chi connectivity index (χ3n) is 6.10. The number of amides is 1. The number of hydrogen-bond donors (Lipinski definition) is 2. The van der Waals surface area contributed by atoms with Crippen LogP contribution in [0.5, 0.6) is 0 Å². The quantitative estimate of drug-likeness (QED) is 0.409. The summed E-state index contributed by atoms with van der Waals surface area (Å²) in [6.07, 6.45) is 8.69. The van der Waals surface area contributed by atoms with E-state index in [1.54, 1.807) is 18.5 Å². The van der Waals surface area contributed by atoms with Gasteiger partial charge in [0.15, 0.2) is 0 Å². The Bertz CT molecular complexity index is 1240. The molecule has 2 heterocycles. The molecule has 2 N–H and O–H groups in total. The lowest BCUT2D eigenvalue weighted by molar-refractivity contribution is -0.118. The molecular weight excluding hydrogens is 415 g/mol. The first-order valence-electron chi connectivity index (χ1n) is 11.4. The summed E-state index contributed by atoms with van der Waals surface area (Å²) in [6.45, 7) is 3.71. The SMILES string of the molecule is BC(B)(F)c1cn2c(NC3CCC(NC(=O)C4=C(/N=C\C)C(C)=C=C=C4)CC3)cccc2n1. The van der Waals surface area contributed by atoms with E-state index >= 15 is 0 Å². The second-order valence-corrected chi connectivity index (χ2v) is 9.09. The Kier molecular flexibility index (Phi) is 6.46. The van der Waals surface area contributed by atoms with Gasteiger partial charge in [-0.25, -0.2) is 4.98 Å². The monoisotopic (exact) mass is 443 g/mol. The number of halogens is 1. The number of hydrogen-bond acceptors (Lipinski definition) is 4. The highest BCUT2D eigenvalue weighted by atomic mass is 19.1. The van der Waals surface area contributed by atoms with Crippen LogP contribution >= 0.6 is 0 Å². The Morgan fingerprint density at radius 1 is 1.30 bits per heavy atom. The molecular formula is C24H28B2FN5O. The number of anilines is 1. The van der Waals surface area contributed by atoms with Gasteiger partial charge in [0.05, 0.1) is 22.4 Å². The van der Waals surface area contributed by atoms with Crippen molar-refractivity contribution in [3.63, 3.8) is 0 Å². The van der Waals surface area contributed by atoms with Crippen molar-refractivity contribution in [2.75, 3.05) is 5.32 Å². The number of alkyl halides is 1. The van der Waals surface area contributed by atoms with E-state index in [1.807, 2.05) is 36.4 Å². The van der Waals surface area contributed by atoms with Gasteiger partial charge in [-0.15, -0.1) is 0 Å². The molecule has 0 bridgehead atoms. The van der Waals surface area contributed by atoms with E-state index in [0.717, 1.165) is 42.7 Å². The van der Waals surface area contributed by atoms with Crippen molar-refractivity contribution in [3.05, 3.63) is 64.5 Å². The molecule has 2 aliphatic carbocycles. The summed E-state index contributed by atoms with van der Waals surface area (Å²) in [5, 5.41) is 6.75. The van der Waals surface area contributed by atoms with Gasteiger partial charge in [-0.05, 0) is 51.7 Å². The van der Waals surface area contributed by atoms with Crippen LogP contribution in [0, 0.1) is 0 Å². The van der Waals surface area contributed by atoms with Gasteiger partial charge in [0.1, 0.15) is 27.2 Å². The topological polar surface area (TPSA) is 70.8 Å². The lowest BCUT2D eigenvalue weighted by Gasteiger charge is -2.30. The molecule has 9 heteroatoms. The van der Waals surface area contributed by atoms with E-state index in [9.17, 15) is 9.18 Å². The van der Waals surface area contributed by atoms with Crippen molar-refractivity contribution in [1.82, 2.24) is 14.7 Å². The van der Waals surface area contributed by atoms with Crippen LogP contribution in [-0.2, 0) is 10.3 Å². The summed E-state index contributed by atoms with van der Waals surface area (Å²) in [5.74, 6) is 0.779. The fourth-order valence-corrected chi connectivity index (χ4v) is 4.28. The van der Waals surface area contributed by atoms with E-state index in [4.69, 9.17) is 0 Å². The number of imidazole rings is 1. The van der Waals surface area contributed by atoms with Gasteiger partial charge in [0, 0.05) is 36.1 Å². The molecule has 0 atom stereocenters. The molecule has 33 heavy (non-hydrogen) atoms. The second kappa shape index (κ2) is 9.30. The highest BCUT2D eigenvalue weighted by Gasteiger charge is 2.26. The maximum absolute atomic E-state index is 14.4. The Hall–Kier alpha value is -3.27. The lowest BCUT2D eigenvalue weighted by Crippen LogP contribution is -2.41. The first-order chi connectivity index (χ1) is 15.8. The summed E-state index contributed by atoms with van der Waals surface area (Å²) in [4.78, 5) is 21.7. The van der Waals surface area contributed by atoms with Crippen molar-refractivity contribution in [1.29, 1.82) is 0 Å². The third kappa shape index (κ3) is 5.05. The fraction of sp³-hybridized carbons (Fsp3) is 0.375. The van der Waals surface area contributed by atoms with Gasteiger partial charge in [-0.2, -0.15) is 0 Å². The maximum Gasteiger partial charge on any atom is 0.254 e. The van der Waals surface area contributed by atoms with Gasteiger partial charge >= 0.3 is 0 Å². The number of rotatable bonds is 6. The van der Waals surface area contributed by atoms with Crippen LogP contribution in [0.25, 0.3) is 5.65 Å². The number of aromatic nitrogens is 2. The van der Waals surface area contributed by atoms with E-state index in [-0.39, 0.29) is 18.0 Å². The minimum Gasteiger partial charge on any atom is -0.368 e. The summed E-state index contributed by atoms with van der Waals surface area (Å²) < 4.78 is 16.3. The molecule has 2 aromatic rings. The summed E-state index contributed by atoms with van der Waals surface area (Å²) in [5.41, 5.74) is 7.52. The van der Waals surface area contributed by atoms with Crippen LogP contribution in [0.15, 0.2) is 63.8 Å². The maximum atomic E-state index is 14.4. The third-order valence-corrected chi connectivity index (χ3v) is 6.10. The number of nitrogens with zero attached hydrogens (tertiary/aromatic N) is 3. The van der Waals surface area contributed by atoms with Crippen LogP contribution in [0.2, 0.25) is 0 Å². The lowest BCUT2D eigenvalue weighted by atomic mass is 9.65. The molecule has 1 amide bonds. The minimum absolute atomic E-state index is 0.112. The van der Waals surface area contributed by atoms with Gasteiger partial charge < -0.3 is 10.6 Å². The number of allylic oxidation sites excluding steroid dienone is 1. The number of carbonyl (C=O) groups excluding carboxylic acids is 1. The van der Waals surface area contributed by atoms with Crippen LogP contribution in [0.4, 0.5) is 10.2 Å². The molecule has 4 rings (SSSR count). The largest absolute Gasteiger partial charge is 0.368 e. The molecule has 1 saturated carbocycles. The molecule has 0 saturated heterocycles. The summed E-state index contributed by atoms with van der Waals surface area (Å²) in [7, 11) is 3.03. The fourth-order valence-electron chi connectivity index (χ4n) is 4.28. The second-order valence-electron chi connectivity index (χ2n) is 9.09. The van der Waals surface area contributed by atoms with Crippen molar-refractivity contribution >= 4 is 39.3 Å². The Morgan fingerprint density at radius 2 is 2.03 bits per heavy atom. The number of carbonyl (C=O) groups is 1. The average Bonchev–Trinajstić information content (AvgIpc) is 3.23. The van der Waals surface area contributed by atoms with Crippen molar-refractivity contribution in [2.24, 2.45) is 4.99 Å². The highest BCUT2D eigenvalue weighted by Crippen LogP contribution is 2.26. The van der Waals surface area contributed by atoms with Gasteiger partial charge in [-0.3, -0.25) is 18.6 Å². The molecule has 0 aromatic carbocycles. The molecule has 168 valence electrons. The minimum atomic E-state index is -1.49. The Balaban J connectivity index is 1.39. The zero-order chi connectivity index (χ0) is 23.6. The zero-order valence-corrected chi connectivity index (χ0v) is 19.6. The predicted molar refractivity (Wildman–Crippen MR) is 135 cm³/mol. The molecule has 2 aromatic heterocycles. The Labute approximate surface area is 195 Å². The predicted octanol–water partition coefficient (Wildman–Crippen LogP) is 2.13. The molecule has 0 radical (unpaired) electrons. The smallest absolute Gasteiger partial charge is 0.254 e. The van der Waals surface area contributed by atoms with E-state index in [0.29, 0.717) is 17.0 Å². The first-order valence-corrected chi connectivity index (χ1v) is 11.4. The number of aliphatic imine (C=N–C) groups is 1. The average molecular weight is 443 g/mol. The first kappa shape index (κ1) is 22.9. The van der Waals surface area contributed by atoms with E-state index < -0.39 is 5.47 Å². The van der Waals surface area contributed by atoms with Crippen molar-refractivity contribution < 1.29 is 9.18 Å². The standard InChI is InChI=1S/C24H28B2FN5O/c1-3-28-22-15(2)6-4-7-18(22)23(33)30-17-12-10-16(11-13-17)29-20-8-5-9-21-31-19(14-32(20)21)24(25,26)27/h3,5,7-9,14,16-17,29H,10-13,25-26H2,1-2H3,(H,30,33)/b28-3-. The highest BCUT2D eigenvalue weighted by molar-refractivity contribution is 6.38. The van der Waals surface area contributed by atoms with Crippen LogP contribution in [0.1, 0.15) is 45.2 Å². The number of fused-ring (bicyclic) bond motifs is 1.